The molecule has 0 amide bonds. The van der Waals surface area contributed by atoms with E-state index >= 15 is 0 Å². The Morgan fingerprint density at radius 1 is 0.278 bits per heavy atom. The first-order chi connectivity index (χ1) is 64.6. The van der Waals surface area contributed by atoms with Crippen LogP contribution >= 0.6 is 0 Å². The molecule has 20 aliphatic carbocycles. The highest BCUT2D eigenvalue weighted by Crippen LogP contribution is 2.68. The van der Waals surface area contributed by atoms with Gasteiger partial charge in [-0.05, 0) is 487 Å². The van der Waals surface area contributed by atoms with Gasteiger partial charge in [0.25, 0.3) is 0 Å². The zero-order chi connectivity index (χ0) is 90.9. The van der Waals surface area contributed by atoms with Gasteiger partial charge in [-0.3, -0.25) is 19.7 Å². The van der Waals surface area contributed by atoms with E-state index in [0.717, 1.165) is 190 Å². The van der Waals surface area contributed by atoms with Gasteiger partial charge < -0.3 is 25.2 Å². The number of esters is 1. The van der Waals surface area contributed by atoms with E-state index in [1.165, 1.54) is 216 Å². The van der Waals surface area contributed by atoms with Gasteiger partial charge in [-0.15, -0.1) is 5.10 Å². The van der Waals surface area contributed by atoms with Crippen LogP contribution in [0.4, 0.5) is 0 Å². The molecule has 133 heavy (non-hydrogen) atoms. The number of nitrogens with zero attached hydrogens (tertiary/aromatic N) is 7. The fourth-order valence-electron chi connectivity index (χ4n) is 32.1. The predicted molar refractivity (Wildman–Crippen MR) is 535 cm³/mol. The van der Waals surface area contributed by atoms with Crippen molar-refractivity contribution in [1.82, 2.24) is 35.1 Å². The number of carbonyl (C=O) groups is 1. The van der Waals surface area contributed by atoms with Crippen molar-refractivity contribution in [2.24, 2.45) is 88.8 Å². The molecule has 5 aromatic heterocycles. The van der Waals surface area contributed by atoms with Crippen LogP contribution in [0.1, 0.15) is 290 Å². The normalized spacial score (nSPS) is 31.9. The summed E-state index contributed by atoms with van der Waals surface area (Å²) in [6.07, 6.45) is 69.7. The van der Waals surface area contributed by atoms with E-state index in [-0.39, 0.29) is 33.0 Å². The number of aromatic hydroxyl groups is 4. The van der Waals surface area contributed by atoms with Gasteiger partial charge in [0.1, 0.15) is 28.7 Å². The molecule has 5 aromatic carbocycles. The van der Waals surface area contributed by atoms with Gasteiger partial charge in [0.15, 0.2) is 5.82 Å². The lowest BCUT2D eigenvalue weighted by Gasteiger charge is -2.57. The fraction of sp³-hybridized carbons (Fsp3) is 0.467. The molecular weight excluding hydrogens is 1640 g/mol. The summed E-state index contributed by atoms with van der Waals surface area (Å²) in [5.74, 6) is 16.1. The molecule has 10 aromatic rings. The highest BCUT2D eigenvalue weighted by atomic mass is 16.5. The fourth-order valence-corrected chi connectivity index (χ4v) is 32.1. The van der Waals surface area contributed by atoms with Crippen LogP contribution in [0.5, 0.6) is 28.7 Å². The maximum atomic E-state index is 11.8. The second-order valence-corrected chi connectivity index (χ2v) is 44.8. The zero-order valence-electron chi connectivity index (χ0n) is 79.0. The highest BCUT2D eigenvalue weighted by molar-refractivity contribution is 5.73. The quantitative estimate of drug-likeness (QED) is 0.0527. The predicted octanol–water partition coefficient (Wildman–Crippen LogP) is 28.8. The number of rotatable bonds is 16. The smallest absolute Gasteiger partial charge is 0.308 e. The van der Waals surface area contributed by atoms with Crippen molar-refractivity contribution in [3.8, 4) is 85.2 Å². The molecule has 5 heterocycles. The first kappa shape index (κ1) is 88.7. The van der Waals surface area contributed by atoms with Gasteiger partial charge in [-0.2, -0.15) is 5.10 Å². The summed E-state index contributed by atoms with van der Waals surface area (Å²) >= 11 is 0. The number of ether oxygens (including phenoxy) is 1. The molecule has 13 nitrogen and oxygen atoms in total. The third kappa shape index (κ3) is 18.1. The minimum Gasteiger partial charge on any atom is -0.508 e. The molecule has 0 atom stereocenters. The molecule has 20 bridgehead atoms. The monoisotopic (exact) mass is 1770 g/mol. The van der Waals surface area contributed by atoms with Crippen LogP contribution in [-0.4, -0.2) is 61.5 Å². The molecule has 0 aliphatic heterocycles. The van der Waals surface area contributed by atoms with E-state index < -0.39 is 0 Å². The number of pyridine rings is 3. The van der Waals surface area contributed by atoms with Crippen LogP contribution in [-0.2, 0) is 31.9 Å². The molecule has 0 radical (unpaired) electrons. The largest absolute Gasteiger partial charge is 0.508 e. The van der Waals surface area contributed by atoms with Crippen LogP contribution in [0.15, 0.2) is 201 Å². The third-order valence-electron chi connectivity index (χ3n) is 35.2. The molecule has 13 heteroatoms. The minimum absolute atomic E-state index is 0.167. The van der Waals surface area contributed by atoms with Gasteiger partial charge in [0.2, 0.25) is 0 Å². The molecular formula is C120H135N7O6. The Morgan fingerprint density at radius 2 is 0.526 bits per heavy atom. The summed E-state index contributed by atoms with van der Waals surface area (Å²) in [6, 6.07) is 47.2. The Morgan fingerprint density at radius 3 is 0.797 bits per heavy atom. The summed E-state index contributed by atoms with van der Waals surface area (Å²) in [7, 11) is 0. The third-order valence-corrected chi connectivity index (χ3v) is 35.2. The summed E-state index contributed by atoms with van der Waals surface area (Å²) in [4.78, 5) is 34.9. The van der Waals surface area contributed by atoms with Crippen molar-refractivity contribution in [1.29, 1.82) is 0 Å². The van der Waals surface area contributed by atoms with Crippen molar-refractivity contribution in [3.05, 3.63) is 257 Å². The number of allylic oxidation sites excluding steroid dienone is 5. The molecule has 0 unspecified atom stereocenters. The van der Waals surface area contributed by atoms with Gasteiger partial charge >= 0.3 is 5.97 Å². The van der Waals surface area contributed by atoms with Crippen molar-refractivity contribution in [3.63, 3.8) is 0 Å². The van der Waals surface area contributed by atoms with Crippen LogP contribution < -0.4 is 4.74 Å². The molecule has 20 saturated carbocycles. The summed E-state index contributed by atoms with van der Waals surface area (Å²) in [6.45, 7) is 11.5. The first-order valence-corrected chi connectivity index (χ1v) is 51.0. The van der Waals surface area contributed by atoms with Crippen molar-refractivity contribution in [2.45, 2.75) is 261 Å². The van der Waals surface area contributed by atoms with Gasteiger partial charge in [-0.1, -0.05) is 72.9 Å². The Labute approximate surface area is 788 Å². The maximum Gasteiger partial charge on any atom is 0.308 e. The van der Waals surface area contributed by atoms with Crippen LogP contribution in [0.2, 0.25) is 0 Å². The molecule has 30 rings (SSSR count). The van der Waals surface area contributed by atoms with E-state index in [4.69, 9.17) is 4.74 Å². The van der Waals surface area contributed by atoms with Crippen LogP contribution in [0, 0.1) is 88.8 Å². The zero-order valence-corrected chi connectivity index (χ0v) is 79.0. The van der Waals surface area contributed by atoms with E-state index in [2.05, 4.69) is 120 Å². The van der Waals surface area contributed by atoms with E-state index in [0.29, 0.717) is 23.0 Å². The average Bonchev–Trinajstić information content (AvgIpc) is 0.761. The maximum absolute atomic E-state index is 11.8. The first-order valence-electron chi connectivity index (χ1n) is 51.0. The Balaban J connectivity index is 0.000000100. The standard InChI is InChI=1S/C26H29NO2.2C24H27NO.2C23H26N2O/c1-3-4-18-5-7-24(27-16-18)22-6-8-25(29-17(2)28)23(12-22)26-13-19-9-20(14-26)11-21(10-19)15-26;2*1-2-3-16-4-6-22(25-15-16)20-5-7-23(26)21(11-20)24-12-17-8-18(13-24)10-19(9-17)14-24;1-2-3-19-5-6-21(25-24-19)18-4-7-22(26)20(11-18)23-12-15-8-16(13-23)10-17(9-15)14-23;1-2-3-15-13-24-22(25-14-15)19-4-5-21(26)20(9-19)23-10-16-6-17(11-23)8-18(7-16)12-23/h3-8,12,16,19-21H,9-11,13-15H2,1-2H3;2*2-7,11,15,17-19,26H,8-10,12-14H2,1H3;2-7,11,15-17,26H,8-10,12-14H2,1H3;2-5,9,13-14,16-18,26H,6-8,10-12H2,1H3/b4-3+;4*3-2+. The number of benzene rings is 5. The number of phenolic OH excluding ortho intramolecular Hbond substituents is 4. The lowest BCUT2D eigenvalue weighted by atomic mass is 9.48. The Bertz CT molecular complexity index is 5320. The Hall–Kier alpha value is -10.9. The van der Waals surface area contributed by atoms with E-state index in [1.54, 1.807) is 0 Å². The second kappa shape index (κ2) is 36.7. The van der Waals surface area contributed by atoms with Gasteiger partial charge in [0.05, 0.1) is 28.5 Å². The highest BCUT2D eigenvalue weighted by Gasteiger charge is 2.58. The minimum atomic E-state index is -0.238. The molecule has 0 spiro atoms. The van der Waals surface area contributed by atoms with Crippen LogP contribution in [0.25, 0.3) is 86.8 Å². The van der Waals surface area contributed by atoms with Crippen molar-refractivity contribution in [2.75, 3.05) is 0 Å². The average molecular weight is 1770 g/mol. The summed E-state index contributed by atoms with van der Waals surface area (Å²) in [5, 5.41) is 51.6. The molecule has 20 fully saturated rings. The lowest BCUT2D eigenvalue weighted by Crippen LogP contribution is -2.48. The molecule has 686 valence electrons. The van der Waals surface area contributed by atoms with E-state index in [9.17, 15) is 25.2 Å². The number of carbonyl (C=O) groups excluding carboxylic acids is 1. The van der Waals surface area contributed by atoms with E-state index in [1.807, 2.05) is 181 Å². The summed E-state index contributed by atoms with van der Waals surface area (Å²) < 4.78 is 5.71. The lowest BCUT2D eigenvalue weighted by molar-refractivity contribution is -0.132. The number of hydrogen-bond acceptors (Lipinski definition) is 13. The second-order valence-electron chi connectivity index (χ2n) is 44.8. The molecule has 20 aliphatic rings. The molecule has 0 saturated heterocycles. The van der Waals surface area contributed by atoms with Gasteiger partial charge in [-0.25, -0.2) is 9.97 Å². The number of aromatic nitrogens is 7. The summed E-state index contributed by atoms with van der Waals surface area (Å²) in [5.41, 5.74) is 21.4. The van der Waals surface area contributed by atoms with Crippen molar-refractivity contribution < 1.29 is 30.0 Å². The molecule has 4 N–H and O–H groups in total. The van der Waals surface area contributed by atoms with Gasteiger partial charge in [0, 0.05) is 99.1 Å². The topological polar surface area (TPSA) is 197 Å². The van der Waals surface area contributed by atoms with Crippen molar-refractivity contribution >= 4 is 36.3 Å². The van der Waals surface area contributed by atoms with Crippen LogP contribution in [0.3, 0.4) is 0 Å². The SMILES string of the molecule is C/C=C/c1ccc(-c2ccc(O)c(C34CC5CC(CC(C5)C3)C4)c2)nc1.C/C=C/c1ccc(-c2ccc(O)c(C34CC5CC(CC(C5)C3)C4)c2)nc1.C/C=C/c1ccc(-c2ccc(O)c(C34CC5CC(CC(C5)C3)C4)c2)nn1.C/C=C/c1ccc(-c2ccc(OC(C)=O)c(C34CC5CC(CC(C5)C3)C4)c2)nc1.C/C=C/c1cnc(-c2ccc(O)c(C34CC5CC(CC(C5)C3)C4)c2)nc1. The number of hydrogen-bond donors (Lipinski definition) is 4. The number of phenols is 4. The Kier molecular flexibility index (Phi) is 24.5.